The number of benzene rings is 1. The molecule has 3 aliphatic rings. The first-order valence-electron chi connectivity index (χ1n) is 10.3. The fraction of sp³-hybridized carbons (Fsp3) is 0.429. The molecule has 3 aliphatic heterocycles. The molecule has 3 amide bonds. The Labute approximate surface area is 182 Å². The number of piperidine rings is 1. The van der Waals surface area contributed by atoms with Gasteiger partial charge in [0.2, 0.25) is 11.8 Å². The van der Waals surface area contributed by atoms with Gasteiger partial charge in [0.15, 0.2) is 0 Å². The quantitative estimate of drug-likeness (QED) is 0.719. The van der Waals surface area contributed by atoms with Crippen LogP contribution in [0, 0.1) is 5.82 Å². The van der Waals surface area contributed by atoms with Gasteiger partial charge >= 0.3 is 0 Å². The van der Waals surface area contributed by atoms with Gasteiger partial charge in [-0.25, -0.2) is 4.39 Å². The number of hydrogen-bond acceptors (Lipinski definition) is 7. The van der Waals surface area contributed by atoms with Gasteiger partial charge in [-0.15, -0.1) is 11.3 Å². The van der Waals surface area contributed by atoms with E-state index in [-0.39, 0.29) is 24.8 Å². The number of aromatic nitrogens is 1. The highest BCUT2D eigenvalue weighted by atomic mass is 32.1. The molecule has 31 heavy (non-hydrogen) atoms. The lowest BCUT2D eigenvalue weighted by molar-refractivity contribution is -0.136. The van der Waals surface area contributed by atoms with E-state index in [1.165, 1.54) is 21.9 Å². The minimum Gasteiger partial charge on any atom is -0.369 e. The minimum absolute atomic E-state index is 0.194. The first-order valence-corrected chi connectivity index (χ1v) is 11.2. The number of carbonyl (C=O) groups is 3. The van der Waals surface area contributed by atoms with Crippen molar-refractivity contribution in [2.75, 3.05) is 31.1 Å². The third-order valence-corrected chi connectivity index (χ3v) is 6.94. The summed E-state index contributed by atoms with van der Waals surface area (Å²) in [7, 11) is 0. The van der Waals surface area contributed by atoms with Crippen molar-refractivity contribution >= 4 is 34.7 Å². The van der Waals surface area contributed by atoms with Crippen molar-refractivity contribution in [2.24, 2.45) is 0 Å². The fourth-order valence-corrected chi connectivity index (χ4v) is 5.21. The number of piperazine rings is 1. The largest absolute Gasteiger partial charge is 0.369 e. The monoisotopic (exact) mass is 443 g/mol. The molecule has 1 atom stereocenters. The SMILES string of the molecule is O=C1CCC(N2Cc3c(cc(F)cc3N3CCN(Cc4cncs4)CC3)C2=O)C(=O)N1. The summed E-state index contributed by atoms with van der Waals surface area (Å²) in [5.41, 5.74) is 3.61. The number of fused-ring (bicyclic) bond motifs is 1. The van der Waals surface area contributed by atoms with Crippen molar-refractivity contribution in [3.05, 3.63) is 45.7 Å². The van der Waals surface area contributed by atoms with Crippen molar-refractivity contribution in [3.8, 4) is 0 Å². The zero-order valence-electron chi connectivity index (χ0n) is 16.8. The van der Waals surface area contributed by atoms with Gasteiger partial charge in [-0.05, 0) is 18.6 Å². The van der Waals surface area contributed by atoms with Crippen molar-refractivity contribution in [2.45, 2.75) is 32.0 Å². The van der Waals surface area contributed by atoms with Crippen LogP contribution in [0.2, 0.25) is 0 Å². The van der Waals surface area contributed by atoms with Crippen molar-refractivity contribution in [1.82, 2.24) is 20.1 Å². The lowest BCUT2D eigenvalue weighted by Crippen LogP contribution is -2.52. The van der Waals surface area contributed by atoms with Crippen LogP contribution < -0.4 is 10.2 Å². The lowest BCUT2D eigenvalue weighted by atomic mass is 10.0. The van der Waals surface area contributed by atoms with Crippen LogP contribution in [0.5, 0.6) is 0 Å². The van der Waals surface area contributed by atoms with E-state index < -0.39 is 17.8 Å². The molecule has 10 heteroatoms. The average molecular weight is 444 g/mol. The van der Waals surface area contributed by atoms with E-state index in [1.807, 2.05) is 11.7 Å². The van der Waals surface area contributed by atoms with Crippen LogP contribution in [0.25, 0.3) is 0 Å². The molecular formula is C21H22FN5O3S. The van der Waals surface area contributed by atoms with E-state index in [1.54, 1.807) is 11.3 Å². The van der Waals surface area contributed by atoms with Gasteiger partial charge in [0.05, 0.1) is 5.51 Å². The standard InChI is InChI=1S/C21H22FN5O3S/c22-13-7-15-16(11-27(21(15)30)17-1-2-19(28)24-20(17)29)18(8-13)26-5-3-25(4-6-26)10-14-9-23-12-31-14/h7-9,12,17H,1-6,10-11H2,(H,24,28,29). The summed E-state index contributed by atoms with van der Waals surface area (Å²) < 4.78 is 14.4. The molecule has 0 bridgehead atoms. The molecule has 2 aromatic rings. The molecule has 0 spiro atoms. The zero-order chi connectivity index (χ0) is 21.5. The number of carbonyl (C=O) groups excluding carboxylic acids is 3. The Hall–Kier alpha value is -2.85. The van der Waals surface area contributed by atoms with E-state index in [0.29, 0.717) is 12.0 Å². The first kappa shape index (κ1) is 20.1. The van der Waals surface area contributed by atoms with Gasteiger partial charge in [0, 0.05) is 73.6 Å². The molecule has 1 aromatic carbocycles. The Morgan fingerprint density at radius 2 is 1.97 bits per heavy atom. The number of rotatable bonds is 4. The Balaban J connectivity index is 1.34. The second-order valence-corrected chi connectivity index (χ2v) is 9.05. The van der Waals surface area contributed by atoms with Gasteiger partial charge in [0.25, 0.3) is 5.91 Å². The van der Waals surface area contributed by atoms with Gasteiger partial charge in [-0.2, -0.15) is 0 Å². The lowest BCUT2D eigenvalue weighted by Gasteiger charge is -2.36. The van der Waals surface area contributed by atoms with Crippen molar-refractivity contribution in [1.29, 1.82) is 0 Å². The molecule has 1 unspecified atom stereocenters. The number of thiazole rings is 1. The topological polar surface area (TPSA) is 85.9 Å². The molecule has 1 N–H and O–H groups in total. The number of nitrogens with one attached hydrogen (secondary N) is 1. The maximum Gasteiger partial charge on any atom is 0.255 e. The van der Waals surface area contributed by atoms with Crippen molar-refractivity contribution < 1.29 is 18.8 Å². The third kappa shape index (κ3) is 3.81. The van der Waals surface area contributed by atoms with Gasteiger partial charge in [-0.3, -0.25) is 29.6 Å². The zero-order valence-corrected chi connectivity index (χ0v) is 17.7. The molecule has 2 fully saturated rings. The number of nitrogens with zero attached hydrogens (tertiary/aromatic N) is 4. The van der Waals surface area contributed by atoms with E-state index >= 15 is 0 Å². The fourth-order valence-electron chi connectivity index (χ4n) is 4.58. The normalized spacial score (nSPS) is 22.1. The molecule has 2 saturated heterocycles. The van der Waals surface area contributed by atoms with Crippen LogP contribution in [-0.4, -0.2) is 64.7 Å². The Bertz CT molecular complexity index is 1040. The van der Waals surface area contributed by atoms with Crippen LogP contribution in [-0.2, 0) is 22.7 Å². The summed E-state index contributed by atoms with van der Waals surface area (Å²) in [6.07, 6.45) is 2.36. The number of amides is 3. The molecular weight excluding hydrogens is 421 g/mol. The van der Waals surface area contributed by atoms with E-state index in [0.717, 1.165) is 44.0 Å². The summed E-state index contributed by atoms with van der Waals surface area (Å²) in [5.74, 6) is -1.60. The second kappa shape index (κ2) is 8.01. The van der Waals surface area contributed by atoms with Gasteiger partial charge in [0.1, 0.15) is 11.9 Å². The number of anilines is 1. The molecule has 0 saturated carbocycles. The van der Waals surface area contributed by atoms with Crippen LogP contribution in [0.15, 0.2) is 23.8 Å². The highest BCUT2D eigenvalue weighted by molar-refractivity contribution is 7.09. The molecule has 162 valence electrons. The molecule has 0 aliphatic carbocycles. The summed E-state index contributed by atoms with van der Waals surface area (Å²) in [6.45, 7) is 4.20. The van der Waals surface area contributed by atoms with Gasteiger partial charge < -0.3 is 9.80 Å². The molecule has 5 rings (SSSR count). The number of imide groups is 1. The number of halogens is 1. The molecule has 0 radical (unpaired) electrons. The van der Waals surface area contributed by atoms with E-state index in [4.69, 9.17) is 0 Å². The molecule has 4 heterocycles. The Morgan fingerprint density at radius 1 is 1.16 bits per heavy atom. The maximum atomic E-state index is 14.4. The second-order valence-electron chi connectivity index (χ2n) is 8.08. The predicted octanol–water partition coefficient (Wildman–Crippen LogP) is 1.37. The van der Waals surface area contributed by atoms with Crippen LogP contribution in [0.3, 0.4) is 0 Å². The van der Waals surface area contributed by atoms with Crippen molar-refractivity contribution in [3.63, 3.8) is 0 Å². The maximum absolute atomic E-state index is 14.4. The predicted molar refractivity (Wildman–Crippen MR) is 112 cm³/mol. The summed E-state index contributed by atoms with van der Waals surface area (Å²) in [6, 6.07) is 2.04. The average Bonchev–Trinajstić information content (AvgIpc) is 3.37. The molecule has 1 aromatic heterocycles. The van der Waals surface area contributed by atoms with Crippen LogP contribution >= 0.6 is 11.3 Å². The summed E-state index contributed by atoms with van der Waals surface area (Å²) >= 11 is 1.63. The van der Waals surface area contributed by atoms with Gasteiger partial charge in [-0.1, -0.05) is 0 Å². The summed E-state index contributed by atoms with van der Waals surface area (Å²) in [4.78, 5) is 48.0. The van der Waals surface area contributed by atoms with E-state index in [2.05, 4.69) is 20.1 Å². The third-order valence-electron chi connectivity index (χ3n) is 6.17. The Kier molecular flexibility index (Phi) is 5.19. The van der Waals surface area contributed by atoms with Crippen LogP contribution in [0.4, 0.5) is 10.1 Å². The molecule has 8 nitrogen and oxygen atoms in total. The van der Waals surface area contributed by atoms with Crippen LogP contribution in [0.1, 0.15) is 33.6 Å². The number of hydrogen-bond donors (Lipinski definition) is 1. The van der Waals surface area contributed by atoms with E-state index in [9.17, 15) is 18.8 Å². The Morgan fingerprint density at radius 3 is 2.68 bits per heavy atom. The smallest absolute Gasteiger partial charge is 0.255 e. The highest BCUT2D eigenvalue weighted by Crippen LogP contribution is 2.35. The summed E-state index contributed by atoms with van der Waals surface area (Å²) in [5, 5.41) is 2.30. The highest BCUT2D eigenvalue weighted by Gasteiger charge is 2.41. The first-order chi connectivity index (χ1) is 15.0. The minimum atomic E-state index is -0.704.